The third kappa shape index (κ3) is 6.03. The predicted octanol–water partition coefficient (Wildman–Crippen LogP) is 1.98. The van der Waals surface area contributed by atoms with Gasteiger partial charge in [-0.1, -0.05) is 0 Å². The van der Waals surface area contributed by atoms with E-state index in [0.29, 0.717) is 5.82 Å². The molecular formula is C11H15F3N4O. The van der Waals surface area contributed by atoms with Gasteiger partial charge in [0.15, 0.2) is 5.69 Å². The SMILES string of the molecule is CNc1ccc(C(=O)NCCCCC(F)(F)F)nn1. The molecule has 19 heavy (non-hydrogen) atoms. The highest BCUT2D eigenvalue weighted by Gasteiger charge is 2.25. The number of carbonyl (C=O) groups is 1. The van der Waals surface area contributed by atoms with Crippen molar-refractivity contribution in [1.29, 1.82) is 0 Å². The number of halogens is 3. The lowest BCUT2D eigenvalue weighted by atomic mass is 10.2. The first-order valence-electron chi connectivity index (χ1n) is 5.79. The second-order valence-corrected chi connectivity index (χ2v) is 3.88. The van der Waals surface area contributed by atoms with Crippen molar-refractivity contribution in [2.24, 2.45) is 0 Å². The minimum absolute atomic E-state index is 0.00580. The molecule has 0 aliphatic carbocycles. The number of unbranched alkanes of at least 4 members (excludes halogenated alkanes) is 1. The van der Waals surface area contributed by atoms with Gasteiger partial charge in [0.1, 0.15) is 5.82 Å². The highest BCUT2D eigenvalue weighted by Crippen LogP contribution is 2.21. The zero-order valence-electron chi connectivity index (χ0n) is 10.4. The third-order valence-corrected chi connectivity index (χ3v) is 2.33. The highest BCUT2D eigenvalue weighted by atomic mass is 19.4. The van der Waals surface area contributed by atoms with Crippen LogP contribution in [0.4, 0.5) is 19.0 Å². The Bertz CT molecular complexity index is 405. The first kappa shape index (κ1) is 15.2. The van der Waals surface area contributed by atoms with E-state index in [0.717, 1.165) is 0 Å². The van der Waals surface area contributed by atoms with E-state index in [4.69, 9.17) is 0 Å². The summed E-state index contributed by atoms with van der Waals surface area (Å²) in [7, 11) is 1.67. The molecule has 1 amide bonds. The van der Waals surface area contributed by atoms with E-state index in [9.17, 15) is 18.0 Å². The zero-order valence-corrected chi connectivity index (χ0v) is 10.4. The average molecular weight is 276 g/mol. The van der Waals surface area contributed by atoms with Crippen molar-refractivity contribution in [3.63, 3.8) is 0 Å². The van der Waals surface area contributed by atoms with Crippen LogP contribution in [-0.4, -0.2) is 35.9 Å². The van der Waals surface area contributed by atoms with Crippen LogP contribution < -0.4 is 10.6 Å². The van der Waals surface area contributed by atoms with Crippen molar-refractivity contribution < 1.29 is 18.0 Å². The van der Waals surface area contributed by atoms with Crippen LogP contribution in [0.15, 0.2) is 12.1 Å². The van der Waals surface area contributed by atoms with Crippen molar-refractivity contribution in [3.8, 4) is 0 Å². The minimum Gasteiger partial charge on any atom is -0.372 e. The lowest BCUT2D eigenvalue weighted by Crippen LogP contribution is -2.26. The molecule has 0 aliphatic rings. The predicted molar refractivity (Wildman–Crippen MR) is 63.8 cm³/mol. The normalized spacial score (nSPS) is 11.2. The molecule has 0 bridgehead atoms. The van der Waals surface area contributed by atoms with E-state index in [1.165, 1.54) is 6.07 Å². The summed E-state index contributed by atoms with van der Waals surface area (Å²) in [5.74, 6) is 0.0869. The van der Waals surface area contributed by atoms with Crippen molar-refractivity contribution in [2.45, 2.75) is 25.4 Å². The number of nitrogens with zero attached hydrogens (tertiary/aromatic N) is 2. The summed E-state index contributed by atoms with van der Waals surface area (Å²) >= 11 is 0. The summed E-state index contributed by atoms with van der Waals surface area (Å²) in [5.41, 5.74) is 0.134. The molecule has 106 valence electrons. The maximum absolute atomic E-state index is 11.9. The van der Waals surface area contributed by atoms with Crippen LogP contribution in [0.1, 0.15) is 29.8 Å². The molecule has 0 saturated heterocycles. The van der Waals surface area contributed by atoms with Crippen LogP contribution in [0, 0.1) is 0 Å². The minimum atomic E-state index is -4.14. The molecule has 0 spiro atoms. The Morgan fingerprint density at radius 2 is 2.00 bits per heavy atom. The fourth-order valence-corrected chi connectivity index (χ4v) is 1.33. The summed E-state index contributed by atoms with van der Waals surface area (Å²) in [5, 5.41) is 12.7. The number of alkyl halides is 3. The second kappa shape index (κ2) is 6.91. The molecule has 0 aliphatic heterocycles. The lowest BCUT2D eigenvalue weighted by molar-refractivity contribution is -0.135. The van der Waals surface area contributed by atoms with Gasteiger partial charge in [0.2, 0.25) is 0 Å². The Balaban J connectivity index is 2.27. The summed E-state index contributed by atoms with van der Waals surface area (Å²) in [4.78, 5) is 11.5. The molecule has 0 atom stereocenters. The number of rotatable bonds is 6. The van der Waals surface area contributed by atoms with E-state index in [-0.39, 0.29) is 25.1 Å². The molecule has 0 fully saturated rings. The van der Waals surface area contributed by atoms with E-state index in [2.05, 4.69) is 20.8 Å². The van der Waals surface area contributed by atoms with Gasteiger partial charge in [-0.3, -0.25) is 4.79 Å². The van der Waals surface area contributed by atoms with Gasteiger partial charge in [0.25, 0.3) is 5.91 Å². The number of nitrogens with one attached hydrogen (secondary N) is 2. The number of hydrogen-bond donors (Lipinski definition) is 2. The number of hydrogen-bond acceptors (Lipinski definition) is 4. The van der Waals surface area contributed by atoms with E-state index in [1.807, 2.05) is 0 Å². The Kier molecular flexibility index (Phi) is 5.53. The van der Waals surface area contributed by atoms with Crippen molar-refractivity contribution in [3.05, 3.63) is 17.8 Å². The molecule has 0 unspecified atom stereocenters. The molecule has 5 nitrogen and oxygen atoms in total. The van der Waals surface area contributed by atoms with Crippen LogP contribution >= 0.6 is 0 Å². The maximum Gasteiger partial charge on any atom is 0.389 e. The molecular weight excluding hydrogens is 261 g/mol. The van der Waals surface area contributed by atoms with E-state index in [1.54, 1.807) is 13.1 Å². The summed E-state index contributed by atoms with van der Waals surface area (Å²) in [6.07, 6.45) is -4.71. The van der Waals surface area contributed by atoms with Crippen molar-refractivity contribution in [1.82, 2.24) is 15.5 Å². The van der Waals surface area contributed by atoms with Crippen LogP contribution in [0.5, 0.6) is 0 Å². The number of amides is 1. The summed E-state index contributed by atoms with van der Waals surface area (Å²) in [6, 6.07) is 3.08. The van der Waals surface area contributed by atoms with Crippen LogP contribution in [0.2, 0.25) is 0 Å². The average Bonchev–Trinajstić information content (AvgIpc) is 2.37. The number of carbonyl (C=O) groups excluding carboxylic acids is 1. The van der Waals surface area contributed by atoms with Gasteiger partial charge in [0, 0.05) is 20.0 Å². The van der Waals surface area contributed by atoms with Gasteiger partial charge in [-0.25, -0.2) is 0 Å². The Hall–Kier alpha value is -1.86. The van der Waals surface area contributed by atoms with E-state index >= 15 is 0 Å². The van der Waals surface area contributed by atoms with Crippen LogP contribution in [-0.2, 0) is 0 Å². The van der Waals surface area contributed by atoms with Gasteiger partial charge < -0.3 is 10.6 Å². The number of anilines is 1. The molecule has 1 rings (SSSR count). The topological polar surface area (TPSA) is 66.9 Å². The fourth-order valence-electron chi connectivity index (χ4n) is 1.33. The standard InChI is InChI=1S/C11H15F3N4O/c1-15-9-5-4-8(17-18-9)10(19)16-7-3-2-6-11(12,13)14/h4-5H,2-3,6-7H2,1H3,(H,15,18)(H,16,19). The first-order valence-corrected chi connectivity index (χ1v) is 5.79. The number of aromatic nitrogens is 2. The highest BCUT2D eigenvalue weighted by molar-refractivity contribution is 5.92. The molecule has 0 aromatic carbocycles. The van der Waals surface area contributed by atoms with Crippen LogP contribution in [0.3, 0.4) is 0 Å². The largest absolute Gasteiger partial charge is 0.389 e. The fraction of sp³-hybridized carbons (Fsp3) is 0.545. The molecule has 1 heterocycles. The molecule has 0 radical (unpaired) electrons. The molecule has 2 N–H and O–H groups in total. The monoisotopic (exact) mass is 276 g/mol. The Labute approximate surface area is 108 Å². The molecule has 1 aromatic rings. The molecule has 8 heteroatoms. The Morgan fingerprint density at radius 1 is 1.26 bits per heavy atom. The summed E-state index contributed by atoms with van der Waals surface area (Å²) < 4.78 is 35.6. The maximum atomic E-state index is 11.9. The quantitative estimate of drug-likeness (QED) is 0.780. The lowest BCUT2D eigenvalue weighted by Gasteiger charge is -2.07. The summed E-state index contributed by atoms with van der Waals surface area (Å²) in [6.45, 7) is 0.185. The van der Waals surface area contributed by atoms with Gasteiger partial charge in [0.05, 0.1) is 0 Å². The zero-order chi connectivity index (χ0) is 14.3. The van der Waals surface area contributed by atoms with Gasteiger partial charge in [-0.2, -0.15) is 13.2 Å². The van der Waals surface area contributed by atoms with Gasteiger partial charge >= 0.3 is 6.18 Å². The van der Waals surface area contributed by atoms with E-state index < -0.39 is 18.5 Å². The first-order chi connectivity index (χ1) is 8.92. The second-order valence-electron chi connectivity index (χ2n) is 3.88. The van der Waals surface area contributed by atoms with Crippen molar-refractivity contribution >= 4 is 11.7 Å². The van der Waals surface area contributed by atoms with Gasteiger partial charge in [-0.05, 0) is 25.0 Å². The van der Waals surface area contributed by atoms with Crippen LogP contribution in [0.25, 0.3) is 0 Å². The smallest absolute Gasteiger partial charge is 0.372 e. The third-order valence-electron chi connectivity index (χ3n) is 2.33. The molecule has 0 saturated carbocycles. The Morgan fingerprint density at radius 3 is 2.53 bits per heavy atom. The molecule has 1 aromatic heterocycles. The van der Waals surface area contributed by atoms with Crippen molar-refractivity contribution in [2.75, 3.05) is 18.9 Å². The van der Waals surface area contributed by atoms with Gasteiger partial charge in [-0.15, -0.1) is 10.2 Å².